The van der Waals surface area contributed by atoms with E-state index in [4.69, 9.17) is 19.2 Å². The van der Waals surface area contributed by atoms with Gasteiger partial charge in [0.05, 0.1) is 23.9 Å². The van der Waals surface area contributed by atoms with Crippen molar-refractivity contribution in [3.05, 3.63) is 35.9 Å². The number of imidazole rings is 1. The van der Waals surface area contributed by atoms with Crippen molar-refractivity contribution in [3.8, 4) is 11.5 Å². The number of ether oxygens (including phenoxy) is 3. The molecule has 1 aromatic heterocycles. The molecular formula is C21H25N3O3S. The zero-order valence-electron chi connectivity index (χ0n) is 16.6. The molecule has 1 aliphatic heterocycles. The van der Waals surface area contributed by atoms with Crippen LogP contribution >= 0.6 is 11.8 Å². The van der Waals surface area contributed by atoms with E-state index in [0.29, 0.717) is 6.61 Å². The van der Waals surface area contributed by atoms with Crippen molar-refractivity contribution in [3.63, 3.8) is 0 Å². The first-order chi connectivity index (χ1) is 13.6. The molecule has 0 atom stereocenters. The summed E-state index contributed by atoms with van der Waals surface area (Å²) in [5.74, 6) is 1.59. The summed E-state index contributed by atoms with van der Waals surface area (Å²) in [6, 6.07) is 10.3. The molecule has 4 rings (SSSR count). The third kappa shape index (κ3) is 3.64. The van der Waals surface area contributed by atoms with Gasteiger partial charge in [-0.05, 0) is 50.6 Å². The van der Waals surface area contributed by atoms with E-state index in [-0.39, 0.29) is 12.9 Å². The normalized spacial score (nSPS) is 12.9. The summed E-state index contributed by atoms with van der Waals surface area (Å²) in [4.78, 5) is 6.05. The van der Waals surface area contributed by atoms with Gasteiger partial charge in [0.2, 0.25) is 6.79 Å². The molecule has 2 aromatic carbocycles. The van der Waals surface area contributed by atoms with Crippen molar-refractivity contribution in [2.45, 2.75) is 43.5 Å². The van der Waals surface area contributed by atoms with Crippen LogP contribution < -0.4 is 14.8 Å². The van der Waals surface area contributed by atoms with Crippen molar-refractivity contribution in [1.29, 1.82) is 0 Å². The van der Waals surface area contributed by atoms with Crippen LogP contribution in [-0.4, -0.2) is 36.1 Å². The molecule has 0 bridgehead atoms. The van der Waals surface area contributed by atoms with Gasteiger partial charge in [-0.15, -0.1) is 0 Å². The summed E-state index contributed by atoms with van der Waals surface area (Å²) < 4.78 is 19.1. The minimum absolute atomic E-state index is 0.204. The van der Waals surface area contributed by atoms with Crippen LogP contribution in [0.1, 0.15) is 19.4 Å². The van der Waals surface area contributed by atoms with E-state index in [1.165, 1.54) is 0 Å². The first kappa shape index (κ1) is 19.0. The maximum Gasteiger partial charge on any atom is 0.231 e. The molecule has 0 fully saturated rings. The predicted molar refractivity (Wildman–Crippen MR) is 112 cm³/mol. The Morgan fingerprint density at radius 3 is 2.79 bits per heavy atom. The highest BCUT2D eigenvalue weighted by Gasteiger charge is 2.19. The van der Waals surface area contributed by atoms with Crippen molar-refractivity contribution in [1.82, 2.24) is 9.55 Å². The molecule has 3 aromatic rings. The molecule has 28 heavy (non-hydrogen) atoms. The van der Waals surface area contributed by atoms with Gasteiger partial charge in [0.1, 0.15) is 5.52 Å². The van der Waals surface area contributed by atoms with Crippen LogP contribution in [-0.2, 0) is 11.3 Å². The number of aryl methyl sites for hydroxylation is 1. The second-order valence-corrected chi connectivity index (χ2v) is 7.97. The van der Waals surface area contributed by atoms with Crippen LogP contribution in [0.2, 0.25) is 0 Å². The third-order valence-corrected chi connectivity index (χ3v) is 5.80. The lowest BCUT2D eigenvalue weighted by atomic mass is 10.2. The Morgan fingerprint density at radius 1 is 1.25 bits per heavy atom. The Kier molecular flexibility index (Phi) is 5.37. The third-order valence-electron chi connectivity index (χ3n) is 4.65. The molecule has 0 amide bonds. The topological polar surface area (TPSA) is 57.5 Å². The molecule has 1 aliphatic rings. The molecular weight excluding hydrogens is 374 g/mol. The molecule has 0 unspecified atom stereocenters. The fourth-order valence-corrected chi connectivity index (χ4v) is 4.25. The SMILES string of the molecule is CNc1cccc2c1nc(Sc1cc3c(cc1C)OCO3)n2CCOC(C)C. The number of rotatable bonds is 7. The van der Waals surface area contributed by atoms with Crippen molar-refractivity contribution >= 4 is 28.5 Å². The fraction of sp³-hybridized carbons (Fsp3) is 0.381. The second kappa shape index (κ2) is 7.93. The minimum Gasteiger partial charge on any atom is -0.454 e. The molecule has 0 saturated carbocycles. The highest BCUT2D eigenvalue weighted by Crippen LogP contribution is 2.41. The molecule has 7 heteroatoms. The van der Waals surface area contributed by atoms with Gasteiger partial charge < -0.3 is 24.1 Å². The smallest absolute Gasteiger partial charge is 0.231 e. The van der Waals surface area contributed by atoms with Crippen LogP contribution in [0.5, 0.6) is 11.5 Å². The van der Waals surface area contributed by atoms with E-state index in [1.807, 2.05) is 25.2 Å². The van der Waals surface area contributed by atoms with Crippen LogP contribution in [0.15, 0.2) is 40.4 Å². The Labute approximate surface area is 169 Å². The predicted octanol–water partition coefficient (Wildman–Crippen LogP) is 4.69. The zero-order valence-corrected chi connectivity index (χ0v) is 17.4. The fourth-order valence-electron chi connectivity index (χ4n) is 3.23. The van der Waals surface area contributed by atoms with E-state index in [1.54, 1.807) is 11.8 Å². The van der Waals surface area contributed by atoms with E-state index >= 15 is 0 Å². The summed E-state index contributed by atoms with van der Waals surface area (Å²) >= 11 is 1.64. The van der Waals surface area contributed by atoms with E-state index < -0.39 is 0 Å². The Hall–Kier alpha value is -2.38. The highest BCUT2D eigenvalue weighted by molar-refractivity contribution is 7.99. The number of anilines is 1. The number of benzene rings is 2. The van der Waals surface area contributed by atoms with Gasteiger partial charge in [-0.1, -0.05) is 17.8 Å². The van der Waals surface area contributed by atoms with Gasteiger partial charge in [-0.2, -0.15) is 0 Å². The van der Waals surface area contributed by atoms with Gasteiger partial charge >= 0.3 is 0 Å². The molecule has 1 N–H and O–H groups in total. The molecule has 0 saturated heterocycles. The maximum atomic E-state index is 5.80. The lowest BCUT2D eigenvalue weighted by Gasteiger charge is -2.12. The molecule has 0 radical (unpaired) electrons. The first-order valence-corrected chi connectivity index (χ1v) is 10.2. The minimum atomic E-state index is 0.204. The number of hydrogen-bond acceptors (Lipinski definition) is 6. The number of nitrogens with one attached hydrogen (secondary N) is 1. The Morgan fingerprint density at radius 2 is 2.04 bits per heavy atom. The van der Waals surface area contributed by atoms with Gasteiger partial charge in [-0.25, -0.2) is 4.98 Å². The van der Waals surface area contributed by atoms with Crippen LogP contribution in [0.4, 0.5) is 5.69 Å². The van der Waals surface area contributed by atoms with Crippen LogP contribution in [0.25, 0.3) is 11.0 Å². The van der Waals surface area contributed by atoms with Crippen LogP contribution in [0.3, 0.4) is 0 Å². The Bertz CT molecular complexity index is 1000. The van der Waals surface area contributed by atoms with Crippen molar-refractivity contribution in [2.24, 2.45) is 0 Å². The molecule has 0 spiro atoms. The zero-order chi connectivity index (χ0) is 19.7. The standard InChI is InChI=1S/C21H25N3O3S/c1-13(2)25-9-8-24-16-7-5-6-15(22-4)20(16)23-21(24)28-19-11-18-17(10-14(19)3)26-12-27-18/h5-7,10-11,13,22H,8-9,12H2,1-4H3. The number of aromatic nitrogens is 2. The maximum absolute atomic E-state index is 5.80. The van der Waals surface area contributed by atoms with E-state index in [2.05, 4.69) is 42.8 Å². The number of para-hydroxylation sites is 1. The van der Waals surface area contributed by atoms with Gasteiger partial charge in [-0.3, -0.25) is 0 Å². The molecule has 148 valence electrons. The Balaban J connectivity index is 1.73. The van der Waals surface area contributed by atoms with E-state index in [9.17, 15) is 0 Å². The summed E-state index contributed by atoms with van der Waals surface area (Å²) in [5.41, 5.74) is 4.22. The second-order valence-electron chi connectivity index (χ2n) is 6.96. The largest absolute Gasteiger partial charge is 0.454 e. The summed E-state index contributed by atoms with van der Waals surface area (Å²) in [6.07, 6.45) is 0.204. The monoisotopic (exact) mass is 399 g/mol. The lowest BCUT2D eigenvalue weighted by molar-refractivity contribution is 0.0721. The van der Waals surface area contributed by atoms with Gasteiger partial charge in [0.25, 0.3) is 0 Å². The quantitative estimate of drug-likeness (QED) is 0.622. The summed E-state index contributed by atoms with van der Waals surface area (Å²) in [7, 11) is 1.92. The van der Waals surface area contributed by atoms with E-state index in [0.717, 1.165) is 50.4 Å². The highest BCUT2D eigenvalue weighted by atomic mass is 32.2. The molecule has 0 aliphatic carbocycles. The lowest BCUT2D eigenvalue weighted by Crippen LogP contribution is -2.11. The number of nitrogens with zero attached hydrogens (tertiary/aromatic N) is 2. The van der Waals surface area contributed by atoms with Gasteiger partial charge in [0, 0.05) is 18.5 Å². The first-order valence-electron chi connectivity index (χ1n) is 9.43. The molecule has 6 nitrogen and oxygen atoms in total. The van der Waals surface area contributed by atoms with Gasteiger partial charge in [0.15, 0.2) is 16.7 Å². The number of hydrogen-bond donors (Lipinski definition) is 1. The molecule has 2 heterocycles. The van der Waals surface area contributed by atoms with Crippen molar-refractivity contribution in [2.75, 3.05) is 25.8 Å². The summed E-state index contributed by atoms with van der Waals surface area (Å²) in [6.45, 7) is 7.85. The van der Waals surface area contributed by atoms with Crippen LogP contribution in [0, 0.1) is 6.92 Å². The average molecular weight is 400 g/mol. The number of fused-ring (bicyclic) bond motifs is 2. The summed E-state index contributed by atoms with van der Waals surface area (Å²) in [5, 5.41) is 4.18. The average Bonchev–Trinajstić information content (AvgIpc) is 3.26. The van der Waals surface area contributed by atoms with Crippen molar-refractivity contribution < 1.29 is 14.2 Å².